The molecule has 0 aliphatic rings. The molecule has 0 amide bonds. The van der Waals surface area contributed by atoms with Gasteiger partial charge >= 0.3 is 0 Å². The van der Waals surface area contributed by atoms with Crippen molar-refractivity contribution < 1.29 is 13.9 Å². The van der Waals surface area contributed by atoms with Gasteiger partial charge in [0.05, 0.1) is 24.2 Å². The topological polar surface area (TPSA) is 65.7 Å². The predicted octanol–water partition coefficient (Wildman–Crippen LogP) is 7.04. The van der Waals surface area contributed by atoms with Gasteiger partial charge in [0.15, 0.2) is 11.5 Å². The Morgan fingerprint density at radius 2 is 1.92 bits per heavy atom. The lowest BCUT2D eigenvalue weighted by molar-refractivity contribution is 0.279. The molecule has 1 heterocycles. The van der Waals surface area contributed by atoms with E-state index < -0.39 is 0 Å². The highest BCUT2D eigenvalue weighted by Gasteiger charge is 2.17. The van der Waals surface area contributed by atoms with E-state index in [1.54, 1.807) is 36.4 Å². The van der Waals surface area contributed by atoms with Gasteiger partial charge < -0.3 is 9.47 Å². The molecule has 0 unspecified atom stereocenters. The van der Waals surface area contributed by atoms with Gasteiger partial charge in [0.1, 0.15) is 18.2 Å². The standard InChI is InChI=1S/C27H24Br2FN3O3/c1-4-16(2)26-32-23-10-9-19(28)12-21(23)27(34)33(26)31-14-18-11-20(29)13-24(35-3)25(18)36-15-17-7-5-6-8-22(17)30/h5-14,16H,4,15H2,1-3H3/t16-/m0/s1. The lowest BCUT2D eigenvalue weighted by Gasteiger charge is -2.16. The maximum Gasteiger partial charge on any atom is 0.282 e. The van der Waals surface area contributed by atoms with E-state index in [4.69, 9.17) is 14.5 Å². The minimum Gasteiger partial charge on any atom is -0.493 e. The molecule has 0 aliphatic carbocycles. The number of aromatic nitrogens is 2. The average molecular weight is 617 g/mol. The number of fused-ring (bicyclic) bond motifs is 1. The third kappa shape index (κ3) is 5.52. The Balaban J connectivity index is 1.82. The van der Waals surface area contributed by atoms with Gasteiger partial charge in [0.2, 0.25) is 0 Å². The molecule has 186 valence electrons. The van der Waals surface area contributed by atoms with Crippen LogP contribution in [0.1, 0.15) is 43.1 Å². The first-order chi connectivity index (χ1) is 17.3. The van der Waals surface area contributed by atoms with Gasteiger partial charge in [-0.15, -0.1) is 0 Å². The summed E-state index contributed by atoms with van der Waals surface area (Å²) in [5.41, 5.74) is 1.30. The number of methoxy groups -OCH3 is 1. The summed E-state index contributed by atoms with van der Waals surface area (Å²) < 4.78 is 28.5. The van der Waals surface area contributed by atoms with Gasteiger partial charge in [-0.1, -0.05) is 63.9 Å². The van der Waals surface area contributed by atoms with Crippen molar-refractivity contribution in [2.75, 3.05) is 7.11 Å². The van der Waals surface area contributed by atoms with E-state index in [2.05, 4.69) is 37.0 Å². The van der Waals surface area contributed by atoms with Crippen LogP contribution in [0.5, 0.6) is 11.5 Å². The predicted molar refractivity (Wildman–Crippen MR) is 147 cm³/mol. The quantitative estimate of drug-likeness (QED) is 0.199. The van der Waals surface area contributed by atoms with Crippen LogP contribution in [0.2, 0.25) is 0 Å². The molecule has 0 saturated carbocycles. The van der Waals surface area contributed by atoms with Crippen molar-refractivity contribution in [1.29, 1.82) is 0 Å². The SMILES string of the molecule is CC[C@H](C)c1nc2ccc(Br)cc2c(=O)n1N=Cc1cc(Br)cc(OC)c1OCc1ccccc1F. The van der Waals surface area contributed by atoms with Crippen LogP contribution in [0.15, 0.2) is 73.4 Å². The number of hydrogen-bond acceptors (Lipinski definition) is 5. The van der Waals surface area contributed by atoms with Crippen LogP contribution in [-0.4, -0.2) is 23.0 Å². The summed E-state index contributed by atoms with van der Waals surface area (Å²) in [5, 5.41) is 5.00. The highest BCUT2D eigenvalue weighted by Crippen LogP contribution is 2.35. The molecule has 0 fully saturated rings. The molecule has 6 nitrogen and oxygen atoms in total. The van der Waals surface area contributed by atoms with Crippen LogP contribution in [0, 0.1) is 5.82 Å². The minimum atomic E-state index is -0.359. The molecule has 0 radical (unpaired) electrons. The second kappa shape index (κ2) is 11.3. The van der Waals surface area contributed by atoms with Crippen LogP contribution in [0.4, 0.5) is 4.39 Å². The van der Waals surface area contributed by atoms with Crippen LogP contribution >= 0.6 is 31.9 Å². The molecular formula is C27H24Br2FN3O3. The normalized spacial score (nSPS) is 12.3. The van der Waals surface area contributed by atoms with Crippen LogP contribution in [-0.2, 0) is 6.61 Å². The lowest BCUT2D eigenvalue weighted by atomic mass is 10.1. The molecule has 3 aromatic carbocycles. The fraction of sp³-hybridized carbons (Fsp3) is 0.222. The van der Waals surface area contributed by atoms with Gasteiger partial charge in [-0.2, -0.15) is 9.78 Å². The van der Waals surface area contributed by atoms with E-state index in [-0.39, 0.29) is 23.9 Å². The second-order valence-corrected chi connectivity index (χ2v) is 10.0. The van der Waals surface area contributed by atoms with E-state index >= 15 is 0 Å². The van der Waals surface area contributed by atoms with Gasteiger partial charge in [0, 0.05) is 26.0 Å². The first-order valence-corrected chi connectivity index (χ1v) is 12.9. The molecule has 0 spiro atoms. The molecule has 0 saturated heterocycles. The van der Waals surface area contributed by atoms with Crippen molar-refractivity contribution in [3.63, 3.8) is 0 Å². The summed E-state index contributed by atoms with van der Waals surface area (Å²) >= 11 is 6.91. The van der Waals surface area contributed by atoms with Crippen LogP contribution < -0.4 is 15.0 Å². The number of ether oxygens (including phenoxy) is 2. The van der Waals surface area contributed by atoms with Gasteiger partial charge in [-0.3, -0.25) is 4.79 Å². The zero-order valence-electron chi connectivity index (χ0n) is 20.0. The summed E-state index contributed by atoms with van der Waals surface area (Å²) in [4.78, 5) is 18.2. The average Bonchev–Trinajstić information content (AvgIpc) is 2.87. The molecule has 9 heteroatoms. The summed E-state index contributed by atoms with van der Waals surface area (Å²) in [5.74, 6) is 1.02. The third-order valence-corrected chi connectivity index (χ3v) is 6.75. The lowest BCUT2D eigenvalue weighted by Crippen LogP contribution is -2.23. The van der Waals surface area contributed by atoms with Crippen molar-refractivity contribution in [2.45, 2.75) is 32.8 Å². The smallest absolute Gasteiger partial charge is 0.282 e. The van der Waals surface area contributed by atoms with Crippen molar-refractivity contribution >= 4 is 49.0 Å². The van der Waals surface area contributed by atoms with Gasteiger partial charge in [0.25, 0.3) is 5.56 Å². The first kappa shape index (κ1) is 26.0. The van der Waals surface area contributed by atoms with Crippen molar-refractivity contribution in [2.24, 2.45) is 5.10 Å². The fourth-order valence-electron chi connectivity index (χ4n) is 3.66. The third-order valence-electron chi connectivity index (χ3n) is 5.80. The largest absolute Gasteiger partial charge is 0.493 e. The molecule has 36 heavy (non-hydrogen) atoms. The van der Waals surface area contributed by atoms with E-state index in [0.29, 0.717) is 39.4 Å². The molecule has 1 atom stereocenters. The Labute approximate surface area is 225 Å². The molecule has 0 N–H and O–H groups in total. The molecule has 4 rings (SSSR count). The summed E-state index contributed by atoms with van der Waals surface area (Å²) in [6.45, 7) is 4.03. The van der Waals surface area contributed by atoms with Crippen LogP contribution in [0.25, 0.3) is 10.9 Å². The molecule has 4 aromatic rings. The highest BCUT2D eigenvalue weighted by atomic mass is 79.9. The van der Waals surface area contributed by atoms with Crippen LogP contribution in [0.3, 0.4) is 0 Å². The molecular weight excluding hydrogens is 593 g/mol. The summed E-state index contributed by atoms with van der Waals surface area (Å²) in [6, 6.07) is 15.4. The van der Waals surface area contributed by atoms with E-state index in [1.165, 1.54) is 24.1 Å². The van der Waals surface area contributed by atoms with Gasteiger partial charge in [-0.05, 0) is 42.8 Å². The Kier molecular flexibility index (Phi) is 8.21. The minimum absolute atomic E-state index is 0.00304. The van der Waals surface area contributed by atoms with Crippen molar-refractivity contribution in [3.05, 3.63) is 96.7 Å². The molecule has 1 aromatic heterocycles. The van der Waals surface area contributed by atoms with E-state index in [9.17, 15) is 9.18 Å². The zero-order chi connectivity index (χ0) is 25.8. The summed E-state index contributed by atoms with van der Waals surface area (Å²) in [7, 11) is 1.52. The number of rotatable bonds is 8. The van der Waals surface area contributed by atoms with E-state index in [0.717, 1.165) is 15.4 Å². The Bertz CT molecular complexity index is 1500. The second-order valence-electron chi connectivity index (χ2n) is 8.21. The summed E-state index contributed by atoms with van der Waals surface area (Å²) in [6.07, 6.45) is 2.31. The Morgan fingerprint density at radius 3 is 2.64 bits per heavy atom. The number of benzene rings is 3. The first-order valence-electron chi connectivity index (χ1n) is 11.3. The van der Waals surface area contributed by atoms with Crippen molar-refractivity contribution in [3.8, 4) is 11.5 Å². The number of nitrogens with zero attached hydrogens (tertiary/aromatic N) is 3. The van der Waals surface area contributed by atoms with Crippen molar-refractivity contribution in [1.82, 2.24) is 9.66 Å². The maximum atomic E-state index is 14.2. The van der Waals surface area contributed by atoms with E-state index in [1.807, 2.05) is 26.0 Å². The van der Waals surface area contributed by atoms with Gasteiger partial charge in [-0.25, -0.2) is 9.37 Å². The zero-order valence-corrected chi connectivity index (χ0v) is 23.1. The molecule has 0 bridgehead atoms. The highest BCUT2D eigenvalue weighted by molar-refractivity contribution is 9.10. The number of hydrogen-bond donors (Lipinski definition) is 0. The Hall–Kier alpha value is -3.04. The maximum absolute atomic E-state index is 14.2. The molecule has 0 aliphatic heterocycles. The monoisotopic (exact) mass is 615 g/mol. The Morgan fingerprint density at radius 1 is 1.14 bits per heavy atom. The fourth-order valence-corrected chi connectivity index (χ4v) is 4.47. The number of halogens is 3.